The molecule has 0 unspecified atom stereocenters. The first-order valence-electron chi connectivity index (χ1n) is 5.82. The molecule has 0 aliphatic heterocycles. The van der Waals surface area contributed by atoms with Gasteiger partial charge < -0.3 is 0 Å². The monoisotopic (exact) mass is 298 g/mol. The normalized spacial score (nSPS) is 11.6. The number of aromatic nitrogens is 3. The lowest BCUT2D eigenvalue weighted by Gasteiger charge is -2.11. The van der Waals surface area contributed by atoms with Crippen molar-refractivity contribution in [3.05, 3.63) is 38.7 Å². The number of hydrogen-bond acceptors (Lipinski definition) is 4. The molecule has 0 N–H and O–H groups in total. The van der Waals surface area contributed by atoms with Crippen molar-refractivity contribution in [3.8, 4) is 6.07 Å². The van der Waals surface area contributed by atoms with Gasteiger partial charge in [0.25, 0.3) is 5.56 Å². The Morgan fingerprint density at radius 2 is 2.00 bits per heavy atom. The molecule has 0 bridgehead atoms. The van der Waals surface area contributed by atoms with Crippen LogP contribution >= 0.6 is 0 Å². The van der Waals surface area contributed by atoms with Crippen molar-refractivity contribution in [1.82, 2.24) is 14.1 Å². The minimum Gasteiger partial charge on any atom is -0.280 e. The van der Waals surface area contributed by atoms with E-state index in [0.29, 0.717) is 6.07 Å². The van der Waals surface area contributed by atoms with Crippen molar-refractivity contribution in [2.45, 2.75) is 19.1 Å². The lowest BCUT2D eigenvalue weighted by Crippen LogP contribution is -2.39. The molecular weight excluding hydrogens is 289 g/mol. The van der Waals surface area contributed by atoms with E-state index >= 15 is 0 Å². The number of rotatable bonds is 2. The molecule has 21 heavy (non-hydrogen) atoms. The van der Waals surface area contributed by atoms with Gasteiger partial charge in [-0.2, -0.15) is 18.4 Å². The first-order chi connectivity index (χ1) is 9.77. The van der Waals surface area contributed by atoms with Crippen LogP contribution in [0.3, 0.4) is 0 Å². The molecule has 0 saturated carbocycles. The molecule has 6 nitrogen and oxygen atoms in total. The number of nitrogens with zero attached hydrogens (tertiary/aromatic N) is 4. The van der Waals surface area contributed by atoms with Gasteiger partial charge in [0.2, 0.25) is 0 Å². The minimum absolute atomic E-state index is 0.0608. The van der Waals surface area contributed by atoms with E-state index < -0.39 is 23.1 Å². The lowest BCUT2D eigenvalue weighted by atomic mass is 10.2. The molecule has 0 saturated heterocycles. The topological polar surface area (TPSA) is 80.7 Å². The summed E-state index contributed by atoms with van der Waals surface area (Å²) in [5.41, 5.74) is -3.09. The summed E-state index contributed by atoms with van der Waals surface area (Å²) in [6.07, 6.45) is -4.73. The van der Waals surface area contributed by atoms with Crippen LogP contribution in [0.1, 0.15) is 12.1 Å². The standard InChI is InChI=1S/C12H9F3N4O2/c1-18-9-7(3-4-8(17-9)12(13,14)15)10(20)19(11(18)21)6-2-5-16/h3-4H,2,6H2,1H3. The van der Waals surface area contributed by atoms with Crippen LogP contribution in [0.25, 0.3) is 11.0 Å². The summed E-state index contributed by atoms with van der Waals surface area (Å²) in [6, 6.07) is 3.46. The van der Waals surface area contributed by atoms with Crippen LogP contribution in [0.5, 0.6) is 0 Å². The first kappa shape index (κ1) is 14.8. The van der Waals surface area contributed by atoms with Gasteiger partial charge in [-0.25, -0.2) is 9.78 Å². The van der Waals surface area contributed by atoms with Crippen molar-refractivity contribution in [1.29, 1.82) is 5.26 Å². The molecule has 0 atom stereocenters. The second kappa shape index (κ2) is 5.05. The van der Waals surface area contributed by atoms with E-state index in [9.17, 15) is 22.8 Å². The third kappa shape index (κ3) is 2.52. The largest absolute Gasteiger partial charge is 0.433 e. The number of hydrogen-bond donors (Lipinski definition) is 0. The van der Waals surface area contributed by atoms with Crippen molar-refractivity contribution < 1.29 is 13.2 Å². The van der Waals surface area contributed by atoms with Crippen LogP contribution in [-0.4, -0.2) is 14.1 Å². The predicted octanol–water partition coefficient (Wildman–Crippen LogP) is 1.03. The van der Waals surface area contributed by atoms with Gasteiger partial charge >= 0.3 is 11.9 Å². The molecule has 2 aromatic rings. The predicted molar refractivity (Wildman–Crippen MR) is 66.5 cm³/mol. The second-order valence-electron chi connectivity index (χ2n) is 4.27. The van der Waals surface area contributed by atoms with E-state index in [4.69, 9.17) is 5.26 Å². The summed E-state index contributed by atoms with van der Waals surface area (Å²) in [4.78, 5) is 27.4. The SMILES string of the molecule is Cn1c(=O)n(CCC#N)c(=O)c2ccc(C(F)(F)F)nc21. The summed E-state index contributed by atoms with van der Waals surface area (Å²) < 4.78 is 39.5. The summed E-state index contributed by atoms with van der Waals surface area (Å²) >= 11 is 0. The number of aryl methyl sites for hydroxylation is 1. The van der Waals surface area contributed by atoms with E-state index in [0.717, 1.165) is 15.2 Å². The maximum Gasteiger partial charge on any atom is 0.433 e. The molecule has 0 fully saturated rings. The Balaban J connectivity index is 2.80. The number of nitriles is 1. The first-order valence-corrected chi connectivity index (χ1v) is 5.82. The number of pyridine rings is 1. The Morgan fingerprint density at radius 3 is 2.57 bits per heavy atom. The molecule has 110 valence electrons. The van der Waals surface area contributed by atoms with Gasteiger partial charge in [0.05, 0.1) is 17.9 Å². The highest BCUT2D eigenvalue weighted by Gasteiger charge is 2.33. The molecule has 2 rings (SSSR count). The summed E-state index contributed by atoms with van der Waals surface area (Å²) in [7, 11) is 1.22. The van der Waals surface area contributed by atoms with Gasteiger partial charge in [-0.15, -0.1) is 0 Å². The molecule has 0 amide bonds. The van der Waals surface area contributed by atoms with Gasteiger partial charge in [0.1, 0.15) is 11.3 Å². The van der Waals surface area contributed by atoms with E-state index in [-0.39, 0.29) is 24.0 Å². The van der Waals surface area contributed by atoms with Crippen molar-refractivity contribution >= 4 is 11.0 Å². The van der Waals surface area contributed by atoms with Crippen molar-refractivity contribution in [3.63, 3.8) is 0 Å². The molecule has 0 aliphatic carbocycles. The molecule has 0 spiro atoms. The van der Waals surface area contributed by atoms with E-state index in [1.165, 1.54) is 7.05 Å². The zero-order valence-corrected chi connectivity index (χ0v) is 10.8. The van der Waals surface area contributed by atoms with E-state index in [1.807, 2.05) is 0 Å². The Kier molecular flexibility index (Phi) is 3.55. The summed E-state index contributed by atoms with van der Waals surface area (Å²) in [6.45, 7) is -0.126. The number of halogens is 3. The molecule has 2 heterocycles. The molecule has 2 aromatic heterocycles. The van der Waals surface area contributed by atoms with Gasteiger partial charge in [0.15, 0.2) is 0 Å². The average Bonchev–Trinajstić information content (AvgIpc) is 2.43. The zero-order valence-electron chi connectivity index (χ0n) is 10.8. The van der Waals surface area contributed by atoms with E-state index in [2.05, 4.69) is 4.98 Å². The third-order valence-corrected chi connectivity index (χ3v) is 2.92. The van der Waals surface area contributed by atoms with Crippen LogP contribution in [0, 0.1) is 11.3 Å². The van der Waals surface area contributed by atoms with Crippen LogP contribution < -0.4 is 11.2 Å². The highest BCUT2D eigenvalue weighted by molar-refractivity contribution is 5.74. The maximum absolute atomic E-state index is 12.6. The minimum atomic E-state index is -4.67. The van der Waals surface area contributed by atoms with Crippen LogP contribution in [-0.2, 0) is 19.8 Å². The smallest absolute Gasteiger partial charge is 0.280 e. The van der Waals surface area contributed by atoms with Gasteiger partial charge in [-0.05, 0) is 12.1 Å². The van der Waals surface area contributed by atoms with Gasteiger partial charge in [-0.3, -0.25) is 13.9 Å². The zero-order chi connectivity index (χ0) is 15.8. The Hall–Kier alpha value is -2.63. The van der Waals surface area contributed by atoms with Crippen LogP contribution in [0.15, 0.2) is 21.7 Å². The highest BCUT2D eigenvalue weighted by atomic mass is 19.4. The number of fused-ring (bicyclic) bond motifs is 1. The average molecular weight is 298 g/mol. The van der Waals surface area contributed by atoms with Crippen molar-refractivity contribution in [2.75, 3.05) is 0 Å². The molecule has 9 heteroatoms. The lowest BCUT2D eigenvalue weighted by molar-refractivity contribution is -0.141. The van der Waals surface area contributed by atoms with E-state index in [1.54, 1.807) is 6.07 Å². The molecule has 0 aromatic carbocycles. The second-order valence-corrected chi connectivity index (χ2v) is 4.27. The molecule has 0 aliphatic rings. The summed E-state index contributed by atoms with van der Waals surface area (Å²) in [5.74, 6) is 0. The van der Waals surface area contributed by atoms with Gasteiger partial charge in [0, 0.05) is 13.6 Å². The maximum atomic E-state index is 12.6. The number of alkyl halides is 3. The Morgan fingerprint density at radius 1 is 1.33 bits per heavy atom. The van der Waals surface area contributed by atoms with Crippen LogP contribution in [0.2, 0.25) is 0 Å². The van der Waals surface area contributed by atoms with Crippen molar-refractivity contribution in [2.24, 2.45) is 7.05 Å². The Labute approximate surface area is 115 Å². The third-order valence-electron chi connectivity index (χ3n) is 2.92. The molecule has 0 radical (unpaired) electrons. The summed E-state index contributed by atoms with van der Waals surface area (Å²) in [5, 5.41) is 8.40. The fourth-order valence-electron chi connectivity index (χ4n) is 1.89. The van der Waals surface area contributed by atoms with Gasteiger partial charge in [-0.1, -0.05) is 0 Å². The molecular formula is C12H9F3N4O2. The Bertz CT molecular complexity index is 858. The fourth-order valence-corrected chi connectivity index (χ4v) is 1.89. The highest BCUT2D eigenvalue weighted by Crippen LogP contribution is 2.28. The van der Waals surface area contributed by atoms with Crippen LogP contribution in [0.4, 0.5) is 13.2 Å². The quantitative estimate of drug-likeness (QED) is 0.829. The fraction of sp³-hybridized carbons (Fsp3) is 0.333.